The van der Waals surface area contributed by atoms with E-state index in [1.165, 1.54) is 4.90 Å². The highest BCUT2D eigenvalue weighted by molar-refractivity contribution is 9.10. The van der Waals surface area contributed by atoms with Crippen molar-refractivity contribution in [2.75, 3.05) is 26.9 Å². The maximum absolute atomic E-state index is 12.6. The summed E-state index contributed by atoms with van der Waals surface area (Å²) in [6.07, 6.45) is 2.31. The molecule has 0 spiro atoms. The van der Waals surface area contributed by atoms with Crippen LogP contribution >= 0.6 is 27.7 Å². The number of amides is 2. The Morgan fingerprint density at radius 2 is 1.90 bits per heavy atom. The summed E-state index contributed by atoms with van der Waals surface area (Å²) in [5.41, 5.74) is 1.79. The molecule has 8 heteroatoms. The van der Waals surface area contributed by atoms with E-state index in [1.807, 2.05) is 49.4 Å². The first-order chi connectivity index (χ1) is 15.0. The topological polar surface area (TPSA) is 65.1 Å². The Hall–Kier alpha value is -2.29. The zero-order chi connectivity index (χ0) is 22.2. The highest BCUT2D eigenvalue weighted by Crippen LogP contribution is 2.39. The molecule has 1 heterocycles. The van der Waals surface area contributed by atoms with E-state index in [0.29, 0.717) is 53.7 Å². The molecule has 1 aliphatic rings. The van der Waals surface area contributed by atoms with Crippen LogP contribution in [-0.4, -0.2) is 42.9 Å². The smallest absolute Gasteiger partial charge is 0.293 e. The molecule has 0 N–H and O–H groups in total. The minimum atomic E-state index is -0.287. The van der Waals surface area contributed by atoms with Crippen molar-refractivity contribution >= 4 is 44.9 Å². The molecule has 0 bridgehead atoms. The van der Waals surface area contributed by atoms with Gasteiger partial charge in [-0.3, -0.25) is 14.5 Å². The lowest BCUT2D eigenvalue weighted by atomic mass is 10.1. The summed E-state index contributed by atoms with van der Waals surface area (Å²) in [6.45, 7) is 3.60. The van der Waals surface area contributed by atoms with E-state index in [9.17, 15) is 9.59 Å². The molecule has 1 aliphatic heterocycles. The fraction of sp³-hybridized carbons (Fsp3) is 0.304. The first kappa shape index (κ1) is 23.4. The van der Waals surface area contributed by atoms with Gasteiger partial charge in [0, 0.05) is 20.3 Å². The van der Waals surface area contributed by atoms with Crippen molar-refractivity contribution in [2.45, 2.75) is 20.0 Å². The number of nitrogens with zero attached hydrogens (tertiary/aromatic N) is 1. The number of hydrogen-bond acceptors (Lipinski definition) is 6. The van der Waals surface area contributed by atoms with Gasteiger partial charge in [-0.25, -0.2) is 0 Å². The summed E-state index contributed by atoms with van der Waals surface area (Å²) < 4.78 is 17.5. The van der Waals surface area contributed by atoms with Gasteiger partial charge in [-0.2, -0.15) is 0 Å². The second kappa shape index (κ2) is 11.4. The molecule has 2 amide bonds. The maximum Gasteiger partial charge on any atom is 0.293 e. The van der Waals surface area contributed by atoms with Crippen molar-refractivity contribution in [3.05, 3.63) is 63.0 Å². The Kier molecular flexibility index (Phi) is 8.57. The van der Waals surface area contributed by atoms with Gasteiger partial charge in [0.15, 0.2) is 11.5 Å². The summed E-state index contributed by atoms with van der Waals surface area (Å²) >= 11 is 4.50. The number of hydrogen-bond donors (Lipinski definition) is 0. The minimum absolute atomic E-state index is 0.265. The third-order valence-electron chi connectivity index (χ3n) is 4.46. The predicted molar refractivity (Wildman–Crippen MR) is 125 cm³/mol. The number of rotatable bonds is 10. The van der Waals surface area contributed by atoms with Gasteiger partial charge in [-0.05, 0) is 70.4 Å². The largest absolute Gasteiger partial charge is 0.490 e. The molecule has 2 aromatic rings. The highest BCUT2D eigenvalue weighted by Gasteiger charge is 2.34. The van der Waals surface area contributed by atoms with Gasteiger partial charge in [-0.1, -0.05) is 30.3 Å². The fourth-order valence-corrected chi connectivity index (χ4v) is 4.45. The molecule has 0 radical (unpaired) electrons. The Morgan fingerprint density at radius 1 is 1.13 bits per heavy atom. The van der Waals surface area contributed by atoms with Crippen LogP contribution in [0.25, 0.3) is 6.08 Å². The van der Waals surface area contributed by atoms with Crippen LogP contribution in [0.15, 0.2) is 51.8 Å². The number of benzene rings is 2. The van der Waals surface area contributed by atoms with Crippen molar-refractivity contribution in [3.8, 4) is 11.5 Å². The molecule has 0 atom stereocenters. The Balaban J connectivity index is 1.80. The van der Waals surface area contributed by atoms with Gasteiger partial charge >= 0.3 is 0 Å². The van der Waals surface area contributed by atoms with E-state index in [0.717, 1.165) is 22.9 Å². The van der Waals surface area contributed by atoms with E-state index < -0.39 is 0 Å². The molecule has 0 aromatic heterocycles. The van der Waals surface area contributed by atoms with Crippen molar-refractivity contribution in [1.29, 1.82) is 0 Å². The molecule has 0 saturated carbocycles. The monoisotopic (exact) mass is 505 g/mol. The van der Waals surface area contributed by atoms with Gasteiger partial charge in [0.05, 0.1) is 16.0 Å². The van der Waals surface area contributed by atoms with Crippen LogP contribution in [0, 0.1) is 0 Å². The standard InChI is InChI=1S/C23H24BrNO5S/c1-3-29-19-13-17(12-18(24)21(19)30-15-16-8-5-4-6-9-16)14-20-22(26)25(23(27)31-20)10-7-11-28-2/h4-6,8-9,12-14H,3,7,10-11,15H2,1-2H3/b20-14+. The lowest BCUT2D eigenvalue weighted by Crippen LogP contribution is -2.29. The van der Waals surface area contributed by atoms with E-state index >= 15 is 0 Å². The Morgan fingerprint density at radius 3 is 2.61 bits per heavy atom. The van der Waals surface area contributed by atoms with Crippen LogP contribution in [0.1, 0.15) is 24.5 Å². The SMILES string of the molecule is CCOc1cc(/C=C2/SC(=O)N(CCCOC)C2=O)cc(Br)c1OCc1ccccc1. The van der Waals surface area contributed by atoms with Crippen LogP contribution in [0.3, 0.4) is 0 Å². The van der Waals surface area contributed by atoms with Crippen LogP contribution < -0.4 is 9.47 Å². The summed E-state index contributed by atoms with van der Waals surface area (Å²) in [5, 5.41) is -0.265. The van der Waals surface area contributed by atoms with Gasteiger partial charge in [0.1, 0.15) is 6.61 Å². The number of carbonyl (C=O) groups excluding carboxylic acids is 2. The molecule has 0 aliphatic carbocycles. The molecular formula is C23H24BrNO5S. The molecule has 31 heavy (non-hydrogen) atoms. The van der Waals surface area contributed by atoms with E-state index in [2.05, 4.69) is 15.9 Å². The van der Waals surface area contributed by atoms with Gasteiger partial charge < -0.3 is 14.2 Å². The third-order valence-corrected chi connectivity index (χ3v) is 5.96. The zero-order valence-electron chi connectivity index (χ0n) is 17.4. The molecular weight excluding hydrogens is 482 g/mol. The van der Waals surface area contributed by atoms with Gasteiger partial charge in [-0.15, -0.1) is 0 Å². The Labute approximate surface area is 194 Å². The fourth-order valence-electron chi connectivity index (χ4n) is 3.02. The highest BCUT2D eigenvalue weighted by atomic mass is 79.9. The first-order valence-electron chi connectivity index (χ1n) is 9.90. The van der Waals surface area contributed by atoms with Crippen molar-refractivity contribution < 1.29 is 23.8 Å². The number of thioether (sulfide) groups is 1. The van der Waals surface area contributed by atoms with Gasteiger partial charge in [0.25, 0.3) is 11.1 Å². The second-order valence-electron chi connectivity index (χ2n) is 6.72. The third kappa shape index (κ3) is 6.12. The number of carbonyl (C=O) groups is 2. The van der Waals surface area contributed by atoms with Crippen molar-refractivity contribution in [1.82, 2.24) is 4.90 Å². The lowest BCUT2D eigenvalue weighted by Gasteiger charge is -2.15. The summed E-state index contributed by atoms with van der Waals surface area (Å²) in [7, 11) is 1.59. The number of imide groups is 1. The van der Waals surface area contributed by atoms with Gasteiger partial charge in [0.2, 0.25) is 0 Å². The summed E-state index contributed by atoms with van der Waals surface area (Å²) in [5.74, 6) is 0.874. The van der Waals surface area contributed by atoms with Crippen LogP contribution in [-0.2, 0) is 16.1 Å². The van der Waals surface area contributed by atoms with Crippen LogP contribution in [0.2, 0.25) is 0 Å². The van der Waals surface area contributed by atoms with E-state index in [4.69, 9.17) is 14.2 Å². The quantitative estimate of drug-likeness (QED) is 0.313. The second-order valence-corrected chi connectivity index (χ2v) is 8.56. The molecule has 1 saturated heterocycles. The number of ether oxygens (including phenoxy) is 3. The first-order valence-corrected chi connectivity index (χ1v) is 11.5. The Bertz CT molecular complexity index is 964. The molecule has 164 valence electrons. The molecule has 1 fully saturated rings. The average molecular weight is 506 g/mol. The van der Waals surface area contributed by atoms with Crippen molar-refractivity contribution in [3.63, 3.8) is 0 Å². The number of methoxy groups -OCH3 is 1. The maximum atomic E-state index is 12.6. The van der Waals surface area contributed by atoms with E-state index in [-0.39, 0.29) is 11.1 Å². The number of halogens is 1. The molecule has 2 aromatic carbocycles. The molecule has 3 rings (SSSR count). The predicted octanol–water partition coefficient (Wildman–Crippen LogP) is 5.50. The van der Waals surface area contributed by atoms with Crippen molar-refractivity contribution in [2.24, 2.45) is 0 Å². The van der Waals surface area contributed by atoms with Crippen LogP contribution in [0.5, 0.6) is 11.5 Å². The summed E-state index contributed by atoms with van der Waals surface area (Å²) in [6, 6.07) is 13.5. The normalized spacial score (nSPS) is 15.1. The van der Waals surface area contributed by atoms with E-state index in [1.54, 1.807) is 13.2 Å². The van der Waals surface area contributed by atoms with Crippen LogP contribution in [0.4, 0.5) is 4.79 Å². The molecule has 6 nitrogen and oxygen atoms in total. The lowest BCUT2D eigenvalue weighted by molar-refractivity contribution is -0.122. The molecule has 0 unspecified atom stereocenters. The zero-order valence-corrected chi connectivity index (χ0v) is 19.8. The summed E-state index contributed by atoms with van der Waals surface area (Å²) in [4.78, 5) is 26.5. The average Bonchev–Trinajstić information content (AvgIpc) is 3.01. The minimum Gasteiger partial charge on any atom is -0.490 e.